The Morgan fingerprint density at radius 3 is 1.94 bits per heavy atom. The highest BCUT2D eigenvalue weighted by molar-refractivity contribution is 8.03. The van der Waals surface area contributed by atoms with Crippen LogP contribution in [0.3, 0.4) is 0 Å². The van der Waals surface area contributed by atoms with Crippen LogP contribution in [0.1, 0.15) is 22.3 Å². The van der Waals surface area contributed by atoms with E-state index in [2.05, 4.69) is 16.6 Å². The van der Waals surface area contributed by atoms with Crippen LogP contribution in [0.5, 0.6) is 5.75 Å². The van der Waals surface area contributed by atoms with Crippen molar-refractivity contribution in [1.82, 2.24) is 0 Å². The van der Waals surface area contributed by atoms with Crippen molar-refractivity contribution in [2.75, 3.05) is 12.4 Å². The van der Waals surface area contributed by atoms with Crippen LogP contribution in [0.25, 0.3) is 0 Å². The number of halogens is 9. The molecule has 0 amide bonds. The first-order valence-electron chi connectivity index (χ1n) is 8.22. The van der Waals surface area contributed by atoms with Crippen molar-refractivity contribution < 1.29 is 44.3 Å². The van der Waals surface area contributed by atoms with E-state index in [1.54, 1.807) is 0 Å². The fourth-order valence-corrected chi connectivity index (χ4v) is 3.34. The molecule has 31 heavy (non-hydrogen) atoms. The Morgan fingerprint density at radius 2 is 1.45 bits per heavy atom. The Kier molecular flexibility index (Phi) is 6.84. The summed E-state index contributed by atoms with van der Waals surface area (Å²) in [5.74, 6) is -0.865. The first kappa shape index (κ1) is 24.8. The smallest absolute Gasteiger partial charge is 0.419 e. The highest BCUT2D eigenvalue weighted by atomic mass is 32.2. The highest BCUT2D eigenvalue weighted by Crippen LogP contribution is 2.45. The summed E-state index contributed by atoms with van der Waals surface area (Å²) in [6.45, 7) is 4.95. The standard InChI is InChI=1S/C19H14F9NOS/c1-9-4-5-11(17(20,21)22)6-16(9)31-10(2)29-14-8-15(30-3)13(19(26,27)28)7-12(14)18(23,24)25/h4-8,29H,2H2,1,3H3. The van der Waals surface area contributed by atoms with Gasteiger partial charge in [0, 0.05) is 11.0 Å². The quantitative estimate of drug-likeness (QED) is 0.353. The van der Waals surface area contributed by atoms with Crippen molar-refractivity contribution >= 4 is 17.4 Å². The molecule has 0 spiro atoms. The number of thioether (sulfide) groups is 1. The third-order valence-corrected chi connectivity index (χ3v) is 4.98. The van der Waals surface area contributed by atoms with Crippen molar-refractivity contribution in [3.05, 3.63) is 64.2 Å². The van der Waals surface area contributed by atoms with E-state index < -0.39 is 46.7 Å². The molecule has 0 fully saturated rings. The van der Waals surface area contributed by atoms with Crippen LogP contribution in [0, 0.1) is 6.92 Å². The van der Waals surface area contributed by atoms with Gasteiger partial charge in [0.05, 0.1) is 34.5 Å². The summed E-state index contributed by atoms with van der Waals surface area (Å²) in [7, 11) is 0.858. The first-order valence-corrected chi connectivity index (χ1v) is 9.03. The number of alkyl halides is 9. The second-order valence-corrected chi connectivity index (χ2v) is 7.36. The molecular formula is C19H14F9NOS. The number of benzene rings is 2. The fourth-order valence-electron chi connectivity index (χ4n) is 2.50. The number of rotatable bonds is 5. The maximum Gasteiger partial charge on any atom is 0.419 e. The summed E-state index contributed by atoms with van der Waals surface area (Å²) >= 11 is 0.602. The molecule has 2 aromatic rings. The number of nitrogens with one attached hydrogen (secondary N) is 1. The van der Waals surface area contributed by atoms with Crippen LogP contribution < -0.4 is 10.1 Å². The molecule has 0 radical (unpaired) electrons. The lowest BCUT2D eigenvalue weighted by Crippen LogP contribution is -2.15. The van der Waals surface area contributed by atoms with Crippen molar-refractivity contribution in [3.63, 3.8) is 0 Å². The summed E-state index contributed by atoms with van der Waals surface area (Å²) in [4.78, 5) is 0.0553. The molecule has 12 heteroatoms. The number of ether oxygens (including phenoxy) is 1. The number of anilines is 1. The summed E-state index contributed by atoms with van der Waals surface area (Å²) in [5, 5.41) is 1.98. The maximum atomic E-state index is 13.4. The van der Waals surface area contributed by atoms with Gasteiger partial charge in [-0.1, -0.05) is 24.4 Å². The summed E-state index contributed by atoms with van der Waals surface area (Å²) in [6.07, 6.45) is -14.9. The minimum atomic E-state index is -5.16. The molecule has 2 nitrogen and oxygen atoms in total. The lowest BCUT2D eigenvalue weighted by molar-refractivity contribution is -0.143. The molecule has 0 unspecified atom stereocenters. The van der Waals surface area contributed by atoms with Gasteiger partial charge in [0.1, 0.15) is 5.75 Å². The largest absolute Gasteiger partial charge is 0.496 e. The van der Waals surface area contributed by atoms with E-state index >= 15 is 0 Å². The molecule has 0 heterocycles. The third-order valence-electron chi connectivity index (χ3n) is 3.97. The zero-order valence-corrected chi connectivity index (χ0v) is 16.6. The monoisotopic (exact) mass is 475 g/mol. The number of hydrogen-bond donors (Lipinski definition) is 1. The molecule has 170 valence electrons. The zero-order chi connectivity index (χ0) is 23.8. The summed E-state index contributed by atoms with van der Waals surface area (Å²) in [6, 6.07) is 3.23. The average Bonchev–Trinajstić information content (AvgIpc) is 2.60. The molecular weight excluding hydrogens is 461 g/mol. The van der Waals surface area contributed by atoms with E-state index in [1.165, 1.54) is 13.0 Å². The van der Waals surface area contributed by atoms with Crippen LogP contribution in [0.2, 0.25) is 0 Å². The Hall–Kier alpha value is -2.50. The Balaban J connectivity index is 2.43. The average molecular weight is 475 g/mol. The SMILES string of the molecule is C=C(Nc1cc(OC)c(C(F)(F)F)cc1C(F)(F)F)Sc1cc(C(F)(F)F)ccc1C. The van der Waals surface area contributed by atoms with Crippen molar-refractivity contribution in [2.24, 2.45) is 0 Å². The predicted octanol–water partition coefficient (Wildman–Crippen LogP) is 7.74. The molecule has 0 aliphatic heterocycles. The lowest BCUT2D eigenvalue weighted by Gasteiger charge is -2.20. The number of aryl methyl sites for hydroxylation is 1. The number of hydrogen-bond acceptors (Lipinski definition) is 3. The van der Waals surface area contributed by atoms with Gasteiger partial charge in [-0.25, -0.2) is 0 Å². The minimum Gasteiger partial charge on any atom is -0.496 e. The summed E-state index contributed by atoms with van der Waals surface area (Å²) < 4.78 is 123. The van der Waals surface area contributed by atoms with E-state index in [0.29, 0.717) is 23.4 Å². The van der Waals surface area contributed by atoms with Gasteiger partial charge in [0.25, 0.3) is 0 Å². The molecule has 0 aliphatic rings. The van der Waals surface area contributed by atoms with E-state index in [9.17, 15) is 39.5 Å². The molecule has 0 aliphatic carbocycles. The van der Waals surface area contributed by atoms with Crippen LogP contribution in [-0.2, 0) is 18.5 Å². The normalized spacial score (nSPS) is 12.6. The Bertz CT molecular complexity index is 978. The van der Waals surface area contributed by atoms with Crippen molar-refractivity contribution in [3.8, 4) is 5.75 Å². The van der Waals surface area contributed by atoms with Gasteiger partial charge in [0.15, 0.2) is 0 Å². The first-order chi connectivity index (χ1) is 14.0. The van der Waals surface area contributed by atoms with Crippen molar-refractivity contribution in [2.45, 2.75) is 30.3 Å². The predicted molar refractivity (Wildman–Crippen MR) is 97.8 cm³/mol. The van der Waals surface area contributed by atoms with Crippen LogP contribution >= 0.6 is 11.8 Å². The van der Waals surface area contributed by atoms with Gasteiger partial charge in [-0.15, -0.1) is 0 Å². The molecule has 0 saturated carbocycles. The van der Waals surface area contributed by atoms with E-state index in [0.717, 1.165) is 19.2 Å². The van der Waals surface area contributed by atoms with Gasteiger partial charge >= 0.3 is 18.5 Å². The van der Waals surface area contributed by atoms with Gasteiger partial charge in [-0.2, -0.15) is 39.5 Å². The maximum absolute atomic E-state index is 13.4. The van der Waals surface area contributed by atoms with E-state index in [-0.39, 0.29) is 16.0 Å². The van der Waals surface area contributed by atoms with E-state index in [1.807, 2.05) is 0 Å². The molecule has 2 aromatic carbocycles. The highest BCUT2D eigenvalue weighted by Gasteiger charge is 2.41. The third kappa shape index (κ3) is 6.02. The molecule has 0 aromatic heterocycles. The zero-order valence-electron chi connectivity index (χ0n) is 15.8. The van der Waals surface area contributed by atoms with Crippen LogP contribution in [-0.4, -0.2) is 7.11 Å². The lowest BCUT2D eigenvalue weighted by atomic mass is 10.1. The van der Waals surface area contributed by atoms with Crippen molar-refractivity contribution in [1.29, 1.82) is 0 Å². The minimum absolute atomic E-state index is 0.0553. The molecule has 0 atom stereocenters. The fraction of sp³-hybridized carbons (Fsp3) is 0.263. The molecule has 0 saturated heterocycles. The summed E-state index contributed by atoms with van der Waals surface area (Å²) in [5.41, 5.74) is -4.63. The van der Waals surface area contributed by atoms with Gasteiger partial charge in [-0.3, -0.25) is 0 Å². The Morgan fingerprint density at radius 1 is 0.871 bits per heavy atom. The van der Waals surface area contributed by atoms with Crippen LogP contribution in [0.4, 0.5) is 45.2 Å². The Labute approximate surface area is 175 Å². The second-order valence-electron chi connectivity index (χ2n) is 6.22. The van der Waals surface area contributed by atoms with Gasteiger partial charge in [0.2, 0.25) is 0 Å². The van der Waals surface area contributed by atoms with Crippen LogP contribution in [0.15, 0.2) is 46.8 Å². The molecule has 0 bridgehead atoms. The topological polar surface area (TPSA) is 21.3 Å². The van der Waals surface area contributed by atoms with Gasteiger partial charge < -0.3 is 10.1 Å². The molecule has 2 rings (SSSR count). The number of methoxy groups -OCH3 is 1. The van der Waals surface area contributed by atoms with Gasteiger partial charge in [-0.05, 0) is 30.7 Å². The van der Waals surface area contributed by atoms with E-state index in [4.69, 9.17) is 0 Å². The second kappa shape index (κ2) is 8.56. The molecule has 1 N–H and O–H groups in total.